The molecule has 19 heteroatoms. The van der Waals surface area contributed by atoms with Crippen LogP contribution >= 0.6 is 15.6 Å². The minimum atomic E-state index is -5.04. The van der Waals surface area contributed by atoms with Crippen LogP contribution < -0.4 is 0 Å². The van der Waals surface area contributed by atoms with Gasteiger partial charge >= 0.3 is 39.5 Å². The number of allylic oxidation sites excluding steroid dienone is 40. The van der Waals surface area contributed by atoms with Crippen molar-refractivity contribution in [2.24, 2.45) is 0 Å². The number of esters is 4. The first kappa shape index (κ1) is 105. The van der Waals surface area contributed by atoms with Crippen LogP contribution in [-0.2, 0) is 65.4 Å². The molecule has 5 unspecified atom stereocenters. The average Bonchev–Trinajstić information content (AvgIpc) is 0.898. The maximum Gasteiger partial charge on any atom is 0.472 e. The number of hydrogen-bond acceptors (Lipinski definition) is 15. The van der Waals surface area contributed by atoms with Gasteiger partial charge in [0.1, 0.15) is 19.3 Å². The summed E-state index contributed by atoms with van der Waals surface area (Å²) in [5, 5.41) is 10.7. The van der Waals surface area contributed by atoms with Crippen molar-refractivity contribution in [1.82, 2.24) is 0 Å². The SMILES string of the molecule is CC/C=C\C/C=C\C/C=C\C/C=C\C/C=C\C/C=C\CCC(=O)OCC(COP(=O)(O)OCC(O)COP(=O)(O)OCC(COC(=O)CCCCC/C=C\C/C=C\C/C=C\C/C=C\C/C=C\CC)OC(=O)CCCCCCC/C=C\C/C=C\C/C=C\CC)OC(=O)CC/C=C\C/C=C\C/C=C\C/C=C\C/C=C\C/C=C\CC. The van der Waals surface area contributed by atoms with Crippen LogP contribution in [0.1, 0.15) is 259 Å². The molecule has 0 aromatic rings. The highest BCUT2D eigenvalue weighted by Gasteiger charge is 2.30. The lowest BCUT2D eigenvalue weighted by atomic mass is 10.1. The number of carbonyl (C=O) groups excluding carboxylic acids is 4. The Morgan fingerprint density at radius 2 is 0.455 bits per heavy atom. The van der Waals surface area contributed by atoms with Gasteiger partial charge in [0, 0.05) is 25.7 Å². The molecule has 0 saturated carbocycles. The summed E-state index contributed by atoms with van der Waals surface area (Å²) < 4.78 is 68.5. The standard InChI is InChI=1S/C93H142O17P2/c1-5-9-13-17-21-25-29-33-37-40-43-46-50-53-57-61-65-69-73-77-90(95)103-83-88(109-92(97)79-75-71-67-63-59-55-49-36-32-28-24-20-16-12-8-4)85-107-111(99,100)105-81-87(94)82-106-112(101,102)108-86-89(110-93(98)80-76-72-68-64-60-56-52-48-45-42-39-35-31-27-23-19-15-11-7-3)84-104-91(96)78-74-70-66-62-58-54-51-47-44-41-38-34-30-26-22-18-14-10-6-2/h9-16,21-28,33-39,43-49,53-54,56-58,60,66,68,70,72,87-89,94H,5-8,17-20,29-32,40-42,50-52,55,59,61-65,67,69,71,73-86H2,1-4H3,(H,99,100)(H,101,102)/b13-9-,14-10-,15-11-,16-12-,25-21-,26-22-,27-23-,28-24-,37-33-,38-34-,39-35-,46-43-,47-44-,48-45-,49-36-,57-53-,58-54-,60-56-,70-66-,72-68-. The molecule has 0 amide bonds. The maximum absolute atomic E-state index is 13.1. The third kappa shape index (κ3) is 80.9. The van der Waals surface area contributed by atoms with E-state index >= 15 is 0 Å². The number of ether oxygens (including phenoxy) is 4. The number of rotatable bonds is 74. The molecule has 0 radical (unpaired) electrons. The van der Waals surface area contributed by atoms with Gasteiger partial charge in [-0.2, -0.15) is 0 Å². The zero-order chi connectivity index (χ0) is 81.7. The third-order valence-electron chi connectivity index (χ3n) is 15.8. The second kappa shape index (κ2) is 81.9. The Hall–Kier alpha value is -7.14. The highest BCUT2D eigenvalue weighted by Crippen LogP contribution is 2.45. The van der Waals surface area contributed by atoms with Crippen molar-refractivity contribution in [3.8, 4) is 0 Å². The lowest BCUT2D eigenvalue weighted by molar-refractivity contribution is -0.161. The lowest BCUT2D eigenvalue weighted by Crippen LogP contribution is -2.30. The predicted molar refractivity (Wildman–Crippen MR) is 463 cm³/mol. The van der Waals surface area contributed by atoms with Crippen molar-refractivity contribution < 1.29 is 80.2 Å². The van der Waals surface area contributed by atoms with E-state index in [0.29, 0.717) is 38.5 Å². The topological polar surface area (TPSA) is 237 Å². The van der Waals surface area contributed by atoms with Gasteiger partial charge in [-0.05, 0) is 180 Å². The Bertz CT molecular complexity index is 3090. The summed E-state index contributed by atoms with van der Waals surface area (Å²) in [6.07, 6.45) is 107. The van der Waals surface area contributed by atoms with E-state index in [0.717, 1.165) is 167 Å². The van der Waals surface area contributed by atoms with Crippen LogP contribution in [0.2, 0.25) is 0 Å². The predicted octanol–water partition coefficient (Wildman–Crippen LogP) is 24.8. The highest BCUT2D eigenvalue weighted by molar-refractivity contribution is 7.47. The fourth-order valence-corrected chi connectivity index (χ4v) is 11.3. The van der Waals surface area contributed by atoms with Gasteiger partial charge in [0.15, 0.2) is 12.2 Å². The van der Waals surface area contributed by atoms with E-state index in [-0.39, 0.29) is 25.7 Å². The van der Waals surface area contributed by atoms with Crippen molar-refractivity contribution in [1.29, 1.82) is 0 Å². The molecule has 626 valence electrons. The monoisotopic (exact) mass is 1590 g/mol. The van der Waals surface area contributed by atoms with E-state index < -0.39 is 97.5 Å². The molecular formula is C93H142O17P2. The summed E-state index contributed by atoms with van der Waals surface area (Å²) in [5.74, 6) is -2.46. The van der Waals surface area contributed by atoms with Gasteiger partial charge in [-0.3, -0.25) is 37.3 Å². The number of aliphatic hydroxyl groups excluding tert-OH is 1. The van der Waals surface area contributed by atoms with Crippen LogP contribution in [0.4, 0.5) is 0 Å². The van der Waals surface area contributed by atoms with E-state index in [2.05, 4.69) is 234 Å². The summed E-state index contributed by atoms with van der Waals surface area (Å²) in [7, 11) is -10.1. The lowest BCUT2D eigenvalue weighted by Gasteiger charge is -2.21. The van der Waals surface area contributed by atoms with Crippen molar-refractivity contribution in [2.45, 2.75) is 277 Å². The average molecular weight is 1590 g/mol. The van der Waals surface area contributed by atoms with Crippen molar-refractivity contribution in [2.75, 3.05) is 39.6 Å². The minimum Gasteiger partial charge on any atom is -0.462 e. The van der Waals surface area contributed by atoms with Gasteiger partial charge in [-0.25, -0.2) is 9.13 Å². The van der Waals surface area contributed by atoms with Gasteiger partial charge < -0.3 is 33.8 Å². The Morgan fingerprint density at radius 3 is 0.750 bits per heavy atom. The molecule has 0 heterocycles. The smallest absolute Gasteiger partial charge is 0.462 e. The van der Waals surface area contributed by atoms with Gasteiger partial charge in [0.05, 0.1) is 26.4 Å². The summed E-state index contributed by atoms with van der Waals surface area (Å²) in [5.41, 5.74) is 0. The molecule has 0 spiro atoms. The number of aliphatic hydroxyl groups is 1. The third-order valence-corrected chi connectivity index (χ3v) is 17.7. The fraction of sp³-hybridized carbons (Fsp3) is 0.527. The summed E-state index contributed by atoms with van der Waals surface area (Å²) >= 11 is 0. The van der Waals surface area contributed by atoms with Crippen LogP contribution in [-0.4, -0.2) is 96.7 Å². The molecule has 112 heavy (non-hydrogen) atoms. The van der Waals surface area contributed by atoms with Crippen molar-refractivity contribution in [3.63, 3.8) is 0 Å². The van der Waals surface area contributed by atoms with E-state index in [1.807, 2.05) is 36.5 Å². The molecule has 0 aliphatic heterocycles. The maximum atomic E-state index is 13.1. The number of carbonyl (C=O) groups is 4. The van der Waals surface area contributed by atoms with Crippen LogP contribution in [0.15, 0.2) is 243 Å². The number of phosphoric ester groups is 2. The van der Waals surface area contributed by atoms with Crippen molar-refractivity contribution >= 4 is 39.5 Å². The molecular weight excluding hydrogens is 1450 g/mol. The number of unbranched alkanes of at least 4 members (excludes halogenated alkanes) is 8. The molecule has 3 N–H and O–H groups in total. The zero-order valence-electron chi connectivity index (χ0n) is 68.5. The van der Waals surface area contributed by atoms with Crippen LogP contribution in [0.3, 0.4) is 0 Å². The zero-order valence-corrected chi connectivity index (χ0v) is 70.3. The van der Waals surface area contributed by atoms with Gasteiger partial charge in [-0.15, -0.1) is 0 Å². The Morgan fingerprint density at radius 1 is 0.250 bits per heavy atom. The molecule has 0 aromatic carbocycles. The van der Waals surface area contributed by atoms with Gasteiger partial charge in [0.2, 0.25) is 0 Å². The van der Waals surface area contributed by atoms with Crippen LogP contribution in [0, 0.1) is 0 Å². The molecule has 0 fully saturated rings. The molecule has 0 saturated heterocycles. The summed E-state index contributed by atoms with van der Waals surface area (Å²) in [4.78, 5) is 73.1. The minimum absolute atomic E-state index is 0.00810. The molecule has 0 bridgehead atoms. The Labute approximate surface area is 676 Å². The molecule has 5 atom stereocenters. The molecule has 0 aliphatic carbocycles. The normalized spacial score (nSPS) is 15.0. The van der Waals surface area contributed by atoms with Gasteiger partial charge in [-0.1, -0.05) is 296 Å². The van der Waals surface area contributed by atoms with Crippen LogP contribution in [0.5, 0.6) is 0 Å². The second-order valence-corrected chi connectivity index (χ2v) is 29.1. The number of hydrogen-bond donors (Lipinski definition) is 3. The summed E-state index contributed by atoms with van der Waals surface area (Å²) in [6.45, 7) is 4.14. The second-order valence-electron chi connectivity index (χ2n) is 26.2. The first-order valence-corrected chi connectivity index (χ1v) is 44.3. The van der Waals surface area contributed by atoms with E-state index in [1.165, 1.54) is 0 Å². The largest absolute Gasteiger partial charge is 0.472 e. The number of phosphoric acid groups is 2. The van der Waals surface area contributed by atoms with Crippen LogP contribution in [0.25, 0.3) is 0 Å². The van der Waals surface area contributed by atoms with Gasteiger partial charge in [0.25, 0.3) is 0 Å². The van der Waals surface area contributed by atoms with E-state index in [1.54, 1.807) is 0 Å². The molecule has 0 aromatic heterocycles. The van der Waals surface area contributed by atoms with E-state index in [9.17, 15) is 43.2 Å². The summed E-state index contributed by atoms with van der Waals surface area (Å²) in [6, 6.07) is 0. The Balaban J connectivity index is 5.60. The fourth-order valence-electron chi connectivity index (χ4n) is 9.72. The Kier molecular flexibility index (Phi) is 76.6. The molecule has 0 rings (SSSR count). The first-order chi connectivity index (χ1) is 54.7. The quantitative estimate of drug-likeness (QED) is 0.0169. The van der Waals surface area contributed by atoms with E-state index in [4.69, 9.17) is 37.0 Å². The highest BCUT2D eigenvalue weighted by atomic mass is 31.2. The first-order valence-electron chi connectivity index (χ1n) is 41.3. The molecule has 0 aliphatic rings. The molecule has 17 nitrogen and oxygen atoms in total. The van der Waals surface area contributed by atoms with Crippen molar-refractivity contribution in [3.05, 3.63) is 243 Å².